The van der Waals surface area contributed by atoms with Crippen LogP contribution in [0.1, 0.15) is 40.9 Å². The van der Waals surface area contributed by atoms with Gasteiger partial charge < -0.3 is 5.11 Å². The number of ether oxygens (including phenoxy) is 2. The van der Waals surface area contributed by atoms with Crippen LogP contribution in [0.15, 0.2) is 72.8 Å². The number of carbonyl (C=O) groups excluding carboxylic acids is 1. The number of hydrogen-bond acceptors (Lipinski definition) is 4. The molecule has 38 heavy (non-hydrogen) atoms. The van der Waals surface area contributed by atoms with Crippen LogP contribution >= 0.6 is 0 Å². The van der Waals surface area contributed by atoms with Gasteiger partial charge in [-0.2, -0.15) is 0 Å². The summed E-state index contributed by atoms with van der Waals surface area (Å²) in [7, 11) is 0. The Morgan fingerprint density at radius 2 is 1.63 bits per heavy atom. The standard InChI is InChI=1S/C29H30AsF3O5/c1-20(2)17-30(18-22-10-12-23(13-11-22)29(31,32)33)27(34)19-38-24-7-5-6-21(16-24)14-15-37-26-9-4-3-8-25(26)28(35)36/h3-13,16,20H,14-15,17-19H2,1-2H3,(H,35,36). The van der Waals surface area contributed by atoms with Crippen LogP contribution in [0.2, 0.25) is 5.21 Å². The van der Waals surface area contributed by atoms with Gasteiger partial charge in [-0.3, -0.25) is 0 Å². The summed E-state index contributed by atoms with van der Waals surface area (Å²) in [6.07, 6.45) is -3.88. The molecule has 1 N–H and O–H groups in total. The molecule has 0 radical (unpaired) electrons. The number of carboxylic acid groups (broad SMARTS) is 1. The van der Waals surface area contributed by atoms with E-state index in [9.17, 15) is 27.9 Å². The van der Waals surface area contributed by atoms with Crippen LogP contribution in [0.4, 0.5) is 13.2 Å². The first kappa shape index (κ1) is 29.3. The van der Waals surface area contributed by atoms with Crippen LogP contribution in [0.3, 0.4) is 0 Å². The summed E-state index contributed by atoms with van der Waals surface area (Å²) in [6, 6.07) is 18.8. The molecule has 0 fully saturated rings. The van der Waals surface area contributed by atoms with E-state index < -0.39 is 32.4 Å². The summed E-state index contributed by atoms with van der Waals surface area (Å²) in [4.78, 5) is 24.4. The number of rotatable bonds is 13. The third-order valence-electron chi connectivity index (χ3n) is 5.62. The van der Waals surface area contributed by atoms with Gasteiger partial charge in [-0.1, -0.05) is 6.07 Å². The van der Waals surface area contributed by atoms with Gasteiger partial charge in [0.05, 0.1) is 0 Å². The Morgan fingerprint density at radius 1 is 0.921 bits per heavy atom. The van der Waals surface area contributed by atoms with Crippen LogP contribution in [0.5, 0.6) is 11.5 Å². The van der Waals surface area contributed by atoms with Crippen molar-refractivity contribution in [3.05, 3.63) is 95.1 Å². The minimum absolute atomic E-state index is 0.0325. The van der Waals surface area contributed by atoms with Crippen molar-refractivity contribution < 1.29 is 37.3 Å². The van der Waals surface area contributed by atoms with Gasteiger partial charge in [0.1, 0.15) is 0 Å². The number of alkyl halides is 3. The van der Waals surface area contributed by atoms with Gasteiger partial charge in [0.2, 0.25) is 0 Å². The maximum absolute atomic E-state index is 13.1. The number of carbonyl (C=O) groups is 2. The van der Waals surface area contributed by atoms with Crippen molar-refractivity contribution in [1.29, 1.82) is 0 Å². The van der Waals surface area contributed by atoms with Crippen molar-refractivity contribution in [3.63, 3.8) is 0 Å². The second kappa shape index (κ2) is 13.5. The fourth-order valence-electron chi connectivity index (χ4n) is 3.79. The number of hydrogen-bond donors (Lipinski definition) is 1. The van der Waals surface area contributed by atoms with Gasteiger partial charge in [-0.05, 0) is 0 Å². The minimum atomic E-state index is -4.39. The molecule has 0 heterocycles. The molecular weight excluding hydrogens is 560 g/mol. The zero-order valence-electron chi connectivity index (χ0n) is 21.2. The Balaban J connectivity index is 1.57. The molecule has 202 valence electrons. The van der Waals surface area contributed by atoms with Gasteiger partial charge in [0, 0.05) is 0 Å². The Hall–Kier alpha value is -3.25. The fourth-order valence-corrected chi connectivity index (χ4v) is 8.59. The van der Waals surface area contributed by atoms with E-state index in [1.807, 2.05) is 32.0 Å². The average molecular weight is 590 g/mol. The van der Waals surface area contributed by atoms with Gasteiger partial charge in [-0.25, -0.2) is 4.79 Å². The summed E-state index contributed by atoms with van der Waals surface area (Å²) in [6.45, 7) is 4.24. The van der Waals surface area contributed by atoms with E-state index in [0.29, 0.717) is 29.0 Å². The van der Waals surface area contributed by atoms with E-state index in [1.54, 1.807) is 24.3 Å². The van der Waals surface area contributed by atoms with Crippen molar-refractivity contribution in [2.24, 2.45) is 5.92 Å². The molecule has 0 aromatic heterocycles. The van der Waals surface area contributed by atoms with Crippen molar-refractivity contribution in [3.8, 4) is 11.5 Å². The Kier molecular flexibility index (Phi) is 10.4. The molecule has 0 amide bonds. The van der Waals surface area contributed by atoms with Gasteiger partial charge >= 0.3 is 209 Å². The van der Waals surface area contributed by atoms with Crippen molar-refractivity contribution >= 4 is 25.2 Å². The zero-order chi connectivity index (χ0) is 27.7. The first-order valence-electron chi connectivity index (χ1n) is 12.1. The summed E-state index contributed by atoms with van der Waals surface area (Å²) < 4.78 is 50.1. The quantitative estimate of drug-likeness (QED) is 0.232. The molecule has 9 heteroatoms. The second-order valence-electron chi connectivity index (χ2n) is 9.20. The first-order chi connectivity index (χ1) is 18.0. The van der Waals surface area contributed by atoms with Crippen LogP contribution in [-0.2, 0) is 22.6 Å². The predicted molar refractivity (Wildman–Crippen MR) is 140 cm³/mol. The van der Waals surface area contributed by atoms with Gasteiger partial charge in [0.25, 0.3) is 0 Å². The Morgan fingerprint density at radius 3 is 2.29 bits per heavy atom. The fraction of sp³-hybridized carbons (Fsp3) is 0.310. The third kappa shape index (κ3) is 8.94. The molecular formula is C29H30AsF3O5. The summed E-state index contributed by atoms with van der Waals surface area (Å²) in [5.74, 6) is 0.0729. The molecule has 0 saturated heterocycles. The van der Waals surface area contributed by atoms with E-state index in [4.69, 9.17) is 9.47 Å². The number of halogens is 3. The number of carboxylic acids is 1. The molecule has 0 aliphatic heterocycles. The first-order valence-corrected chi connectivity index (χ1v) is 15.7. The van der Waals surface area contributed by atoms with Crippen molar-refractivity contribution in [1.82, 2.24) is 0 Å². The number of para-hydroxylation sites is 1. The molecule has 0 saturated carbocycles. The summed E-state index contributed by atoms with van der Waals surface area (Å²) >= 11 is -2.08. The van der Waals surface area contributed by atoms with Crippen LogP contribution in [0.25, 0.3) is 0 Å². The molecule has 0 bridgehead atoms. The van der Waals surface area contributed by atoms with Gasteiger partial charge in [-0.15, -0.1) is 0 Å². The monoisotopic (exact) mass is 590 g/mol. The van der Waals surface area contributed by atoms with Gasteiger partial charge in [0.15, 0.2) is 0 Å². The topological polar surface area (TPSA) is 72.8 Å². The molecule has 0 spiro atoms. The normalized spacial score (nSPS) is 12.3. The second-order valence-corrected chi connectivity index (χ2v) is 13.9. The molecule has 3 aromatic rings. The third-order valence-corrected chi connectivity index (χ3v) is 11.4. The maximum atomic E-state index is 13.1. The van der Waals surface area contributed by atoms with E-state index in [0.717, 1.165) is 28.5 Å². The van der Waals surface area contributed by atoms with E-state index >= 15 is 0 Å². The predicted octanol–water partition coefficient (Wildman–Crippen LogP) is 6.44. The molecule has 1 unspecified atom stereocenters. The van der Waals surface area contributed by atoms with Crippen LogP contribution < -0.4 is 9.47 Å². The Bertz CT molecular complexity index is 1230. The molecule has 0 aliphatic carbocycles. The molecule has 3 aromatic carbocycles. The number of benzene rings is 3. The van der Waals surface area contributed by atoms with E-state index in [-0.39, 0.29) is 23.3 Å². The molecule has 1 atom stereocenters. The summed E-state index contributed by atoms with van der Waals surface area (Å²) in [5.41, 5.74) is 1.04. The molecule has 5 nitrogen and oxygen atoms in total. The SMILES string of the molecule is CC(C)C[As](Cc1ccc(C(F)(F)F)cc1)C(=O)COc1cccc(CCOc2ccccc2C(=O)O)c1. The summed E-state index contributed by atoms with van der Waals surface area (Å²) in [5, 5.41) is 10.5. The number of aromatic carboxylic acids is 1. The molecule has 3 rings (SSSR count). The van der Waals surface area contributed by atoms with Crippen molar-refractivity contribution in [2.45, 2.75) is 36.9 Å². The van der Waals surface area contributed by atoms with Crippen LogP contribution in [-0.4, -0.2) is 43.5 Å². The van der Waals surface area contributed by atoms with Crippen molar-refractivity contribution in [2.75, 3.05) is 13.2 Å². The average Bonchev–Trinajstić information content (AvgIpc) is 2.87. The van der Waals surface area contributed by atoms with E-state index in [2.05, 4.69) is 0 Å². The Labute approximate surface area is 224 Å². The van der Waals surface area contributed by atoms with Crippen LogP contribution in [0, 0.1) is 5.92 Å². The zero-order valence-corrected chi connectivity index (χ0v) is 23.1. The van der Waals surface area contributed by atoms with E-state index in [1.165, 1.54) is 18.2 Å². The molecule has 0 aliphatic rings.